The molecule has 1 aliphatic rings. The van der Waals surface area contributed by atoms with Crippen LogP contribution in [0.3, 0.4) is 0 Å². The van der Waals surface area contributed by atoms with E-state index in [1.54, 1.807) is 0 Å². The van der Waals surface area contributed by atoms with E-state index < -0.39 is 0 Å². The van der Waals surface area contributed by atoms with Gasteiger partial charge in [0.15, 0.2) is 17.5 Å². The van der Waals surface area contributed by atoms with Gasteiger partial charge in [0.2, 0.25) is 4.77 Å². The highest BCUT2D eigenvalue weighted by Crippen LogP contribution is 2.29. The lowest BCUT2D eigenvalue weighted by Crippen LogP contribution is -3.09. The Morgan fingerprint density at radius 2 is 1.97 bits per heavy atom. The van der Waals surface area contributed by atoms with Gasteiger partial charge in [0.1, 0.15) is 6.04 Å². The van der Waals surface area contributed by atoms with Crippen LogP contribution in [-0.4, -0.2) is 25.9 Å². The molecule has 1 N–H and O–H groups in total. The molecule has 4 aromatic rings. The summed E-state index contributed by atoms with van der Waals surface area (Å²) in [5.74, 6) is 0.934. The van der Waals surface area contributed by atoms with Crippen LogP contribution in [0.4, 0.5) is 0 Å². The molecule has 2 aromatic carbocycles. The molecule has 0 spiro atoms. The first-order valence-electron chi connectivity index (χ1n) is 10.0. The zero-order valence-corrected chi connectivity index (χ0v) is 18.3. The van der Waals surface area contributed by atoms with E-state index in [2.05, 4.69) is 55.5 Å². The summed E-state index contributed by atoms with van der Waals surface area (Å²) in [6.07, 6.45) is 2.38. The van der Waals surface area contributed by atoms with Crippen molar-refractivity contribution in [1.29, 1.82) is 0 Å². The highest BCUT2D eigenvalue weighted by Gasteiger charge is 2.33. The standard InChI is InChI=1S/C22H23N5S2/c1-15-8-3-4-9-16(15)20-24-27(22(28)25(20)2)14-26-13-7-11-18(26)21-23-17-10-5-6-12-19(17)29-21/h3-6,8-10,12,18H,7,11,13-14H2,1-2H3/p+1/t18-/m0/s1. The van der Waals surface area contributed by atoms with Crippen molar-refractivity contribution >= 4 is 33.8 Å². The number of thiazole rings is 1. The van der Waals surface area contributed by atoms with Crippen molar-refractivity contribution in [2.75, 3.05) is 6.54 Å². The lowest BCUT2D eigenvalue weighted by atomic mass is 10.1. The Balaban J connectivity index is 1.46. The number of likely N-dealkylation sites (tertiary alicyclic amines) is 1. The van der Waals surface area contributed by atoms with E-state index in [9.17, 15) is 0 Å². The predicted molar refractivity (Wildman–Crippen MR) is 120 cm³/mol. The van der Waals surface area contributed by atoms with Crippen LogP contribution in [0.1, 0.15) is 29.5 Å². The molecule has 148 valence electrons. The molecular weight excluding hydrogens is 398 g/mol. The number of benzene rings is 2. The van der Waals surface area contributed by atoms with Crippen molar-refractivity contribution in [3.05, 3.63) is 63.9 Å². The molecule has 2 atom stereocenters. The molecule has 0 aliphatic carbocycles. The molecule has 1 fully saturated rings. The number of nitrogens with one attached hydrogen (secondary N) is 1. The summed E-state index contributed by atoms with van der Waals surface area (Å²) in [7, 11) is 2.01. The second-order valence-corrected chi connectivity index (χ2v) is 9.19. The first kappa shape index (κ1) is 18.7. The lowest BCUT2D eigenvalue weighted by Gasteiger charge is -2.19. The van der Waals surface area contributed by atoms with Crippen LogP contribution < -0.4 is 4.90 Å². The Morgan fingerprint density at radius 1 is 1.17 bits per heavy atom. The van der Waals surface area contributed by atoms with Gasteiger partial charge in [0, 0.05) is 25.5 Å². The largest absolute Gasteiger partial charge is 0.308 e. The van der Waals surface area contributed by atoms with E-state index in [0.717, 1.165) is 34.9 Å². The summed E-state index contributed by atoms with van der Waals surface area (Å²) < 4.78 is 6.06. The summed E-state index contributed by atoms with van der Waals surface area (Å²) in [6.45, 7) is 4.02. The molecule has 0 amide bonds. The van der Waals surface area contributed by atoms with Gasteiger partial charge in [0.05, 0.1) is 16.8 Å². The van der Waals surface area contributed by atoms with Crippen LogP contribution in [0, 0.1) is 11.7 Å². The molecule has 1 saturated heterocycles. The average molecular weight is 423 g/mol. The minimum Gasteiger partial charge on any atom is -0.308 e. The molecule has 1 unspecified atom stereocenters. The fraction of sp³-hybridized carbons (Fsp3) is 0.318. The van der Waals surface area contributed by atoms with Gasteiger partial charge in [-0.2, -0.15) is 4.68 Å². The van der Waals surface area contributed by atoms with Crippen LogP contribution in [0.5, 0.6) is 0 Å². The predicted octanol–water partition coefficient (Wildman–Crippen LogP) is 3.91. The van der Waals surface area contributed by atoms with Crippen molar-refractivity contribution in [3.8, 4) is 11.4 Å². The Kier molecular flexibility index (Phi) is 4.81. The third kappa shape index (κ3) is 3.33. The van der Waals surface area contributed by atoms with Gasteiger partial charge in [-0.15, -0.1) is 16.4 Å². The van der Waals surface area contributed by atoms with Gasteiger partial charge in [-0.25, -0.2) is 4.98 Å². The minimum absolute atomic E-state index is 0.415. The number of rotatable bonds is 4. The maximum atomic E-state index is 5.74. The number of fused-ring (bicyclic) bond motifs is 1. The van der Waals surface area contributed by atoms with Gasteiger partial charge in [-0.1, -0.05) is 36.4 Å². The van der Waals surface area contributed by atoms with Crippen molar-refractivity contribution in [2.24, 2.45) is 7.05 Å². The molecule has 29 heavy (non-hydrogen) atoms. The molecular formula is C22H24N5S2+. The molecule has 5 rings (SSSR count). The number of nitrogens with zero attached hydrogens (tertiary/aromatic N) is 4. The molecule has 0 radical (unpaired) electrons. The molecule has 2 aromatic heterocycles. The number of quaternary nitrogens is 1. The Bertz CT molecular complexity index is 1200. The highest BCUT2D eigenvalue weighted by atomic mass is 32.1. The maximum absolute atomic E-state index is 5.74. The molecule has 0 saturated carbocycles. The smallest absolute Gasteiger partial charge is 0.202 e. The van der Waals surface area contributed by atoms with E-state index >= 15 is 0 Å². The first-order chi connectivity index (χ1) is 14.1. The fourth-order valence-corrected chi connectivity index (χ4v) is 5.63. The Hall–Kier alpha value is -2.35. The highest BCUT2D eigenvalue weighted by molar-refractivity contribution is 7.71. The van der Waals surface area contributed by atoms with Crippen LogP contribution in [0.15, 0.2) is 48.5 Å². The molecule has 3 heterocycles. The summed E-state index contributed by atoms with van der Waals surface area (Å²) in [5, 5.41) is 6.15. The number of para-hydroxylation sites is 1. The van der Waals surface area contributed by atoms with E-state index in [1.165, 1.54) is 33.0 Å². The van der Waals surface area contributed by atoms with Crippen LogP contribution in [0.2, 0.25) is 0 Å². The van der Waals surface area contributed by atoms with E-state index in [4.69, 9.17) is 22.3 Å². The third-order valence-corrected chi connectivity index (χ3v) is 7.51. The number of hydrogen-bond donors (Lipinski definition) is 1. The van der Waals surface area contributed by atoms with E-state index in [-0.39, 0.29) is 0 Å². The Labute approximate surface area is 179 Å². The summed E-state index contributed by atoms with van der Waals surface area (Å²) in [5.41, 5.74) is 3.46. The van der Waals surface area contributed by atoms with Gasteiger partial charge in [0.25, 0.3) is 0 Å². The maximum Gasteiger partial charge on any atom is 0.202 e. The van der Waals surface area contributed by atoms with Gasteiger partial charge < -0.3 is 9.47 Å². The van der Waals surface area contributed by atoms with Crippen molar-refractivity contribution in [3.63, 3.8) is 0 Å². The zero-order valence-electron chi connectivity index (χ0n) is 16.6. The Morgan fingerprint density at radius 3 is 2.79 bits per heavy atom. The van der Waals surface area contributed by atoms with Crippen molar-refractivity contribution < 1.29 is 4.90 Å². The SMILES string of the molecule is Cc1ccccc1-c1nn(C[NH+]2CCC[C@H]2c2nc3ccccc3s2)c(=S)n1C. The van der Waals surface area contributed by atoms with Gasteiger partial charge in [-0.05, 0) is 36.8 Å². The molecule has 0 bridgehead atoms. The monoisotopic (exact) mass is 422 g/mol. The van der Waals surface area contributed by atoms with Crippen molar-refractivity contribution in [1.82, 2.24) is 19.3 Å². The second kappa shape index (κ2) is 7.48. The van der Waals surface area contributed by atoms with Crippen LogP contribution in [-0.2, 0) is 13.7 Å². The second-order valence-electron chi connectivity index (χ2n) is 7.76. The summed E-state index contributed by atoms with van der Waals surface area (Å²) >= 11 is 7.56. The number of aryl methyl sites for hydroxylation is 1. The quantitative estimate of drug-likeness (QED) is 0.507. The lowest BCUT2D eigenvalue weighted by molar-refractivity contribution is -0.941. The first-order valence-corrected chi connectivity index (χ1v) is 11.2. The summed E-state index contributed by atoms with van der Waals surface area (Å²) in [4.78, 5) is 6.42. The minimum atomic E-state index is 0.415. The third-order valence-electron chi connectivity index (χ3n) is 5.87. The zero-order chi connectivity index (χ0) is 20.0. The normalized spacial score (nSPS) is 19.2. The molecule has 7 heteroatoms. The van der Waals surface area contributed by atoms with Gasteiger partial charge in [-0.3, -0.25) is 0 Å². The van der Waals surface area contributed by atoms with Gasteiger partial charge >= 0.3 is 0 Å². The molecule has 1 aliphatic heterocycles. The number of aromatic nitrogens is 4. The van der Waals surface area contributed by atoms with Crippen LogP contribution in [0.25, 0.3) is 21.6 Å². The summed E-state index contributed by atoms with van der Waals surface area (Å²) in [6, 6.07) is 17.2. The number of hydrogen-bond acceptors (Lipinski definition) is 4. The fourth-order valence-electron chi connectivity index (χ4n) is 4.28. The van der Waals surface area contributed by atoms with E-state index in [1.807, 2.05) is 27.6 Å². The van der Waals surface area contributed by atoms with Crippen molar-refractivity contribution in [2.45, 2.75) is 32.5 Å². The average Bonchev–Trinajstić information content (AvgIpc) is 3.42. The topological polar surface area (TPSA) is 40.1 Å². The van der Waals surface area contributed by atoms with Crippen LogP contribution >= 0.6 is 23.6 Å². The molecule has 5 nitrogen and oxygen atoms in total. The van der Waals surface area contributed by atoms with E-state index in [0.29, 0.717) is 6.04 Å².